The fourth-order valence-corrected chi connectivity index (χ4v) is 1.72. The van der Waals surface area contributed by atoms with Gasteiger partial charge in [-0.1, -0.05) is 11.6 Å². The largest absolute Gasteiger partial charge is 0.353 e. The van der Waals surface area contributed by atoms with Crippen molar-refractivity contribution < 1.29 is 9.72 Å². The van der Waals surface area contributed by atoms with Gasteiger partial charge in [0.05, 0.1) is 16.5 Å². The van der Waals surface area contributed by atoms with E-state index in [9.17, 15) is 14.9 Å². The summed E-state index contributed by atoms with van der Waals surface area (Å²) >= 11 is 5.93. The van der Waals surface area contributed by atoms with Gasteiger partial charge in [-0.3, -0.25) is 14.9 Å². The van der Waals surface area contributed by atoms with E-state index in [1.807, 2.05) is 13.8 Å². The molecule has 0 aliphatic rings. The fraction of sp³-hybridized carbons (Fsp3) is 0.417. The van der Waals surface area contributed by atoms with Crippen LogP contribution in [0.15, 0.2) is 18.2 Å². The van der Waals surface area contributed by atoms with Gasteiger partial charge in [-0.2, -0.15) is 0 Å². The smallest absolute Gasteiger partial charge is 0.270 e. The van der Waals surface area contributed by atoms with Crippen molar-refractivity contribution in [2.45, 2.75) is 26.4 Å². The Kier molecular flexibility index (Phi) is 5.72. The van der Waals surface area contributed by atoms with Gasteiger partial charge in [0.15, 0.2) is 0 Å². The molecule has 0 bridgehead atoms. The first-order valence-corrected chi connectivity index (χ1v) is 6.21. The Labute approximate surface area is 116 Å². The number of nitro groups is 1. The summed E-state index contributed by atoms with van der Waals surface area (Å²) in [6, 6.07) is 4.36. The Morgan fingerprint density at radius 3 is 2.68 bits per heavy atom. The Morgan fingerprint density at radius 1 is 1.47 bits per heavy atom. The minimum Gasteiger partial charge on any atom is -0.353 e. The quantitative estimate of drug-likeness (QED) is 0.617. The van der Waals surface area contributed by atoms with Crippen LogP contribution in [0.1, 0.15) is 19.4 Å². The molecule has 1 aromatic rings. The van der Waals surface area contributed by atoms with Crippen LogP contribution < -0.4 is 10.6 Å². The molecule has 0 aliphatic heterocycles. The Balaban J connectivity index is 2.50. The first kappa shape index (κ1) is 15.4. The van der Waals surface area contributed by atoms with Gasteiger partial charge in [-0.05, 0) is 25.5 Å². The van der Waals surface area contributed by atoms with Crippen LogP contribution in [0.25, 0.3) is 0 Å². The molecule has 104 valence electrons. The highest BCUT2D eigenvalue weighted by molar-refractivity contribution is 6.31. The summed E-state index contributed by atoms with van der Waals surface area (Å²) in [5, 5.41) is 16.5. The Bertz CT molecular complexity index is 477. The summed E-state index contributed by atoms with van der Waals surface area (Å²) in [7, 11) is 0. The second-order valence-electron chi connectivity index (χ2n) is 4.36. The highest BCUT2D eigenvalue weighted by Crippen LogP contribution is 2.22. The number of carbonyl (C=O) groups excluding carboxylic acids is 1. The zero-order valence-corrected chi connectivity index (χ0v) is 11.5. The van der Waals surface area contributed by atoms with E-state index in [1.54, 1.807) is 6.07 Å². The van der Waals surface area contributed by atoms with Gasteiger partial charge in [0.2, 0.25) is 5.91 Å². The standard InChI is InChI=1S/C12H16ClN3O3/c1-8(2)15-12(17)7-14-6-9-3-4-10(16(18)19)5-11(9)13/h3-5,8,14H,6-7H2,1-2H3,(H,15,17). The molecule has 6 nitrogen and oxygen atoms in total. The van der Waals surface area contributed by atoms with E-state index in [1.165, 1.54) is 12.1 Å². The fourth-order valence-electron chi connectivity index (χ4n) is 1.48. The lowest BCUT2D eigenvalue weighted by Crippen LogP contribution is -2.37. The molecule has 1 rings (SSSR count). The van der Waals surface area contributed by atoms with Crippen LogP contribution >= 0.6 is 11.6 Å². The molecule has 19 heavy (non-hydrogen) atoms. The van der Waals surface area contributed by atoms with Crippen molar-refractivity contribution >= 4 is 23.2 Å². The summed E-state index contributed by atoms with van der Waals surface area (Å²) in [5.41, 5.74) is 0.663. The first-order valence-electron chi connectivity index (χ1n) is 5.83. The lowest BCUT2D eigenvalue weighted by molar-refractivity contribution is -0.384. The number of carbonyl (C=O) groups is 1. The van der Waals surface area contributed by atoms with Crippen LogP contribution in [0.4, 0.5) is 5.69 Å². The minimum absolute atomic E-state index is 0.0497. The predicted molar refractivity (Wildman–Crippen MR) is 73.1 cm³/mol. The van der Waals surface area contributed by atoms with Crippen LogP contribution in [-0.2, 0) is 11.3 Å². The molecule has 1 aromatic carbocycles. The van der Waals surface area contributed by atoms with Crippen molar-refractivity contribution in [3.63, 3.8) is 0 Å². The zero-order valence-electron chi connectivity index (χ0n) is 10.8. The molecule has 0 saturated carbocycles. The van der Waals surface area contributed by atoms with Crippen molar-refractivity contribution in [2.75, 3.05) is 6.54 Å². The molecule has 0 fully saturated rings. The number of halogens is 1. The minimum atomic E-state index is -0.501. The Morgan fingerprint density at radius 2 is 2.16 bits per heavy atom. The summed E-state index contributed by atoms with van der Waals surface area (Å²) < 4.78 is 0. The van der Waals surface area contributed by atoms with E-state index in [0.717, 1.165) is 0 Å². The van der Waals surface area contributed by atoms with Crippen molar-refractivity contribution in [1.82, 2.24) is 10.6 Å². The normalized spacial score (nSPS) is 10.5. The zero-order chi connectivity index (χ0) is 14.4. The summed E-state index contributed by atoms with van der Waals surface area (Å²) in [5.74, 6) is -0.104. The number of amides is 1. The lowest BCUT2D eigenvalue weighted by Gasteiger charge is -2.09. The monoisotopic (exact) mass is 285 g/mol. The molecule has 1 amide bonds. The molecule has 7 heteroatoms. The number of benzene rings is 1. The molecule has 0 radical (unpaired) electrons. The molecule has 0 aromatic heterocycles. The molecular weight excluding hydrogens is 270 g/mol. The predicted octanol–water partition coefficient (Wildman–Crippen LogP) is 1.86. The highest BCUT2D eigenvalue weighted by atomic mass is 35.5. The second kappa shape index (κ2) is 7.06. The average molecular weight is 286 g/mol. The van der Waals surface area contributed by atoms with E-state index < -0.39 is 4.92 Å². The third-order valence-corrected chi connectivity index (χ3v) is 2.65. The van der Waals surface area contributed by atoms with E-state index >= 15 is 0 Å². The van der Waals surface area contributed by atoms with E-state index in [0.29, 0.717) is 17.1 Å². The maximum atomic E-state index is 11.4. The number of hydrogen-bond donors (Lipinski definition) is 2. The molecule has 2 N–H and O–H groups in total. The van der Waals surface area contributed by atoms with Gasteiger partial charge in [0, 0.05) is 24.7 Å². The topological polar surface area (TPSA) is 84.3 Å². The maximum Gasteiger partial charge on any atom is 0.270 e. The van der Waals surface area contributed by atoms with Crippen LogP contribution in [0.2, 0.25) is 5.02 Å². The third-order valence-electron chi connectivity index (χ3n) is 2.30. The molecule has 0 heterocycles. The van der Waals surface area contributed by atoms with Crippen molar-refractivity contribution in [3.05, 3.63) is 38.9 Å². The molecule has 0 unspecified atom stereocenters. The molecule has 0 aliphatic carbocycles. The van der Waals surface area contributed by atoms with E-state index in [4.69, 9.17) is 11.6 Å². The number of hydrogen-bond acceptors (Lipinski definition) is 4. The number of nitrogens with one attached hydrogen (secondary N) is 2. The van der Waals surface area contributed by atoms with Crippen molar-refractivity contribution in [1.29, 1.82) is 0 Å². The molecule has 0 saturated heterocycles. The maximum absolute atomic E-state index is 11.4. The molecule has 0 spiro atoms. The number of nitrogens with zero attached hydrogens (tertiary/aromatic N) is 1. The average Bonchev–Trinajstić information content (AvgIpc) is 2.29. The Hall–Kier alpha value is -1.66. The van der Waals surface area contributed by atoms with E-state index in [2.05, 4.69) is 10.6 Å². The summed E-state index contributed by atoms with van der Waals surface area (Å²) in [4.78, 5) is 21.4. The lowest BCUT2D eigenvalue weighted by atomic mass is 10.2. The first-order chi connectivity index (χ1) is 8.90. The van der Waals surface area contributed by atoms with Gasteiger partial charge in [-0.25, -0.2) is 0 Å². The highest BCUT2D eigenvalue weighted by Gasteiger charge is 2.09. The van der Waals surface area contributed by atoms with Crippen LogP contribution in [0.5, 0.6) is 0 Å². The number of rotatable bonds is 6. The number of non-ortho nitro benzene ring substituents is 1. The van der Waals surface area contributed by atoms with Gasteiger partial charge in [-0.15, -0.1) is 0 Å². The van der Waals surface area contributed by atoms with Crippen LogP contribution in [-0.4, -0.2) is 23.4 Å². The third kappa shape index (κ3) is 5.23. The van der Waals surface area contributed by atoms with Crippen LogP contribution in [0.3, 0.4) is 0 Å². The summed E-state index contributed by atoms with van der Waals surface area (Å²) in [6.07, 6.45) is 0. The summed E-state index contributed by atoms with van der Waals surface area (Å²) in [6.45, 7) is 4.31. The van der Waals surface area contributed by atoms with Crippen LogP contribution in [0, 0.1) is 10.1 Å². The van der Waals surface area contributed by atoms with Gasteiger partial charge >= 0.3 is 0 Å². The van der Waals surface area contributed by atoms with Gasteiger partial charge in [0.25, 0.3) is 5.69 Å². The molecule has 0 atom stereocenters. The number of nitro benzene ring substituents is 1. The van der Waals surface area contributed by atoms with Gasteiger partial charge < -0.3 is 10.6 Å². The van der Waals surface area contributed by atoms with Crippen molar-refractivity contribution in [2.24, 2.45) is 0 Å². The second-order valence-corrected chi connectivity index (χ2v) is 4.77. The van der Waals surface area contributed by atoms with Gasteiger partial charge in [0.1, 0.15) is 0 Å². The SMILES string of the molecule is CC(C)NC(=O)CNCc1ccc([N+](=O)[O-])cc1Cl. The molecular formula is C12H16ClN3O3. The van der Waals surface area contributed by atoms with E-state index in [-0.39, 0.29) is 24.2 Å². The van der Waals surface area contributed by atoms with Crippen molar-refractivity contribution in [3.8, 4) is 0 Å².